The number of nitrogens with zero attached hydrogens (tertiary/aromatic N) is 1. The Labute approximate surface area is 151 Å². The number of amides is 1. The van der Waals surface area contributed by atoms with Crippen molar-refractivity contribution < 1.29 is 13.9 Å². The molecule has 4 nitrogen and oxygen atoms in total. The van der Waals surface area contributed by atoms with E-state index in [0.29, 0.717) is 45.8 Å². The Morgan fingerprint density at radius 3 is 2.46 bits per heavy atom. The Balaban J connectivity index is 1.90. The Morgan fingerprint density at radius 2 is 1.83 bits per heavy atom. The summed E-state index contributed by atoms with van der Waals surface area (Å²) in [4.78, 5) is 14.7. The Bertz CT molecular complexity index is 762. The second kappa shape index (κ2) is 6.79. The van der Waals surface area contributed by atoms with E-state index in [-0.39, 0.29) is 18.1 Å². The second-order valence-electron chi connectivity index (χ2n) is 6.17. The van der Waals surface area contributed by atoms with E-state index >= 15 is 0 Å². The van der Waals surface area contributed by atoms with Crippen molar-refractivity contribution in [1.29, 1.82) is 0 Å². The third-order valence-corrected chi connectivity index (χ3v) is 4.60. The molecule has 6 heteroatoms. The minimum Gasteiger partial charge on any atom is -0.460 e. The van der Waals surface area contributed by atoms with Crippen LogP contribution < -0.4 is 0 Å². The van der Waals surface area contributed by atoms with E-state index in [4.69, 9.17) is 32.4 Å². The van der Waals surface area contributed by atoms with E-state index in [1.54, 1.807) is 31.2 Å². The zero-order valence-electron chi connectivity index (χ0n) is 13.8. The molecule has 128 valence electrons. The first kappa shape index (κ1) is 17.3. The molecule has 0 bridgehead atoms. The largest absolute Gasteiger partial charge is 0.460 e. The average Bonchev–Trinajstić information content (AvgIpc) is 2.87. The maximum absolute atomic E-state index is 12.9. The van der Waals surface area contributed by atoms with Crippen molar-refractivity contribution in [2.45, 2.75) is 33.0 Å². The summed E-state index contributed by atoms with van der Waals surface area (Å²) in [6, 6.07) is 6.93. The van der Waals surface area contributed by atoms with Crippen molar-refractivity contribution in [3.63, 3.8) is 0 Å². The lowest BCUT2D eigenvalue weighted by atomic mass is 10.1. The summed E-state index contributed by atoms with van der Waals surface area (Å²) in [5, 5.41) is 1.04. The van der Waals surface area contributed by atoms with E-state index in [1.165, 1.54) is 0 Å². The number of benzene rings is 1. The van der Waals surface area contributed by atoms with Gasteiger partial charge in [0.2, 0.25) is 0 Å². The molecule has 3 rings (SSSR count). The fraction of sp³-hybridized carbons (Fsp3) is 0.389. The first-order valence-corrected chi connectivity index (χ1v) is 8.61. The van der Waals surface area contributed by atoms with Crippen LogP contribution in [0.5, 0.6) is 0 Å². The minimum atomic E-state index is -0.0467. The molecule has 2 atom stereocenters. The maximum atomic E-state index is 12.9. The number of halogens is 2. The number of furan rings is 1. The van der Waals surface area contributed by atoms with E-state index < -0.39 is 0 Å². The molecule has 0 saturated carbocycles. The SMILES string of the molecule is Cc1oc(-c2ccc(Cl)cc2Cl)cc1C(=O)N1C[C@@H](C)O[C@@H](C)C1. The van der Waals surface area contributed by atoms with Crippen LogP contribution in [0.2, 0.25) is 10.0 Å². The van der Waals surface area contributed by atoms with Gasteiger partial charge in [0.15, 0.2) is 0 Å². The summed E-state index contributed by atoms with van der Waals surface area (Å²) in [7, 11) is 0. The number of aryl methyl sites for hydroxylation is 1. The molecule has 1 aromatic heterocycles. The van der Waals surface area contributed by atoms with Crippen LogP contribution in [0.15, 0.2) is 28.7 Å². The molecule has 0 spiro atoms. The first-order chi connectivity index (χ1) is 11.3. The number of carbonyl (C=O) groups excluding carboxylic acids is 1. The Hall–Kier alpha value is -1.49. The first-order valence-electron chi connectivity index (χ1n) is 7.85. The van der Waals surface area contributed by atoms with Crippen molar-refractivity contribution in [1.82, 2.24) is 4.90 Å². The van der Waals surface area contributed by atoms with Crippen molar-refractivity contribution in [3.05, 3.63) is 45.6 Å². The van der Waals surface area contributed by atoms with Crippen LogP contribution in [0.1, 0.15) is 30.0 Å². The van der Waals surface area contributed by atoms with Crippen LogP contribution in [-0.4, -0.2) is 36.1 Å². The van der Waals surface area contributed by atoms with Crippen LogP contribution >= 0.6 is 23.2 Å². The molecule has 1 aromatic carbocycles. The van der Waals surface area contributed by atoms with Crippen molar-refractivity contribution in [2.75, 3.05) is 13.1 Å². The molecule has 1 aliphatic rings. The lowest BCUT2D eigenvalue weighted by molar-refractivity contribution is -0.0586. The van der Waals surface area contributed by atoms with E-state index in [1.807, 2.05) is 18.7 Å². The topological polar surface area (TPSA) is 42.7 Å². The molecule has 0 aliphatic carbocycles. The number of morpholine rings is 1. The summed E-state index contributed by atoms with van der Waals surface area (Å²) in [5.74, 6) is 1.09. The molecule has 24 heavy (non-hydrogen) atoms. The predicted molar refractivity (Wildman–Crippen MR) is 94.8 cm³/mol. The van der Waals surface area contributed by atoms with Gasteiger partial charge in [0.1, 0.15) is 11.5 Å². The predicted octanol–water partition coefficient (Wildman–Crippen LogP) is 4.81. The molecule has 1 amide bonds. The maximum Gasteiger partial charge on any atom is 0.257 e. The summed E-state index contributed by atoms with van der Waals surface area (Å²) < 4.78 is 11.5. The fourth-order valence-electron chi connectivity index (χ4n) is 3.03. The molecule has 1 aliphatic heterocycles. The number of ether oxygens (including phenoxy) is 1. The zero-order chi connectivity index (χ0) is 17.4. The Kier molecular flexibility index (Phi) is 4.90. The summed E-state index contributed by atoms with van der Waals surface area (Å²) in [5.41, 5.74) is 1.27. The molecule has 1 fully saturated rings. The molecule has 2 aromatic rings. The van der Waals surface area contributed by atoms with Gasteiger partial charge >= 0.3 is 0 Å². The average molecular weight is 368 g/mol. The standard InChI is InChI=1S/C18H19Cl2NO3/c1-10-8-21(9-11(2)23-10)18(22)15-7-17(24-12(15)3)14-5-4-13(19)6-16(14)20/h4-7,10-11H,8-9H2,1-3H3/t10-,11+. The van der Waals surface area contributed by atoms with Crippen LogP contribution in [0.3, 0.4) is 0 Å². The normalized spacial score (nSPS) is 21.1. The molecule has 2 heterocycles. The van der Waals surface area contributed by atoms with Gasteiger partial charge in [0, 0.05) is 23.7 Å². The monoisotopic (exact) mass is 367 g/mol. The lowest BCUT2D eigenvalue weighted by Gasteiger charge is -2.35. The van der Waals surface area contributed by atoms with Gasteiger partial charge in [0.05, 0.1) is 22.8 Å². The smallest absolute Gasteiger partial charge is 0.257 e. The lowest BCUT2D eigenvalue weighted by Crippen LogP contribution is -2.48. The molecular weight excluding hydrogens is 349 g/mol. The molecule has 0 radical (unpaired) electrons. The second-order valence-corrected chi connectivity index (χ2v) is 7.02. The number of rotatable bonds is 2. The number of hydrogen-bond acceptors (Lipinski definition) is 3. The Morgan fingerprint density at radius 1 is 1.17 bits per heavy atom. The van der Waals surface area contributed by atoms with Gasteiger partial charge in [-0.25, -0.2) is 0 Å². The van der Waals surface area contributed by atoms with Gasteiger partial charge in [-0.3, -0.25) is 4.79 Å². The highest BCUT2D eigenvalue weighted by molar-refractivity contribution is 6.36. The van der Waals surface area contributed by atoms with Crippen molar-refractivity contribution >= 4 is 29.1 Å². The fourth-order valence-corrected chi connectivity index (χ4v) is 3.53. The van der Waals surface area contributed by atoms with E-state index in [0.717, 1.165) is 0 Å². The number of hydrogen-bond donors (Lipinski definition) is 0. The van der Waals surface area contributed by atoms with Crippen LogP contribution in [0, 0.1) is 6.92 Å². The number of carbonyl (C=O) groups is 1. The quantitative estimate of drug-likeness (QED) is 0.764. The molecule has 0 N–H and O–H groups in total. The summed E-state index contributed by atoms with van der Waals surface area (Å²) in [6.07, 6.45) is 0.0465. The highest BCUT2D eigenvalue weighted by atomic mass is 35.5. The van der Waals surface area contributed by atoms with Gasteiger partial charge in [-0.05, 0) is 45.0 Å². The molecular formula is C18H19Cl2NO3. The summed E-state index contributed by atoms with van der Waals surface area (Å²) in [6.45, 7) is 6.87. The van der Waals surface area contributed by atoms with Crippen LogP contribution in [0.25, 0.3) is 11.3 Å². The zero-order valence-corrected chi connectivity index (χ0v) is 15.3. The highest BCUT2D eigenvalue weighted by Crippen LogP contribution is 2.33. The van der Waals surface area contributed by atoms with Gasteiger partial charge in [-0.2, -0.15) is 0 Å². The van der Waals surface area contributed by atoms with Crippen molar-refractivity contribution in [2.24, 2.45) is 0 Å². The van der Waals surface area contributed by atoms with Gasteiger partial charge in [0.25, 0.3) is 5.91 Å². The third-order valence-electron chi connectivity index (χ3n) is 4.05. The highest BCUT2D eigenvalue weighted by Gasteiger charge is 2.29. The van der Waals surface area contributed by atoms with Crippen LogP contribution in [0.4, 0.5) is 0 Å². The van der Waals surface area contributed by atoms with Crippen LogP contribution in [-0.2, 0) is 4.74 Å². The summed E-state index contributed by atoms with van der Waals surface area (Å²) >= 11 is 12.2. The van der Waals surface area contributed by atoms with Gasteiger partial charge in [-0.15, -0.1) is 0 Å². The minimum absolute atomic E-state index is 0.0232. The molecule has 0 unspecified atom stereocenters. The van der Waals surface area contributed by atoms with Gasteiger partial charge < -0.3 is 14.1 Å². The van der Waals surface area contributed by atoms with Gasteiger partial charge in [-0.1, -0.05) is 23.2 Å². The molecule has 1 saturated heterocycles. The van der Waals surface area contributed by atoms with Crippen molar-refractivity contribution in [3.8, 4) is 11.3 Å². The third kappa shape index (κ3) is 3.46. The van der Waals surface area contributed by atoms with E-state index in [9.17, 15) is 4.79 Å². The van der Waals surface area contributed by atoms with E-state index in [2.05, 4.69) is 0 Å².